The fraction of sp³-hybridized carbons (Fsp3) is 0.316. The molecule has 0 radical (unpaired) electrons. The molecule has 116 valence electrons. The number of amides is 1. The molecule has 0 spiro atoms. The van der Waals surface area contributed by atoms with Gasteiger partial charge in [-0.25, -0.2) is 0 Å². The highest BCUT2D eigenvalue weighted by atomic mass is 16.1. The van der Waals surface area contributed by atoms with Crippen LogP contribution >= 0.6 is 0 Å². The molecule has 3 heteroatoms. The molecule has 0 aliphatic carbocycles. The third-order valence-electron chi connectivity index (χ3n) is 3.80. The van der Waals surface area contributed by atoms with E-state index in [1.807, 2.05) is 18.2 Å². The Labute approximate surface area is 132 Å². The Bertz CT molecular complexity index is 664. The predicted octanol–water partition coefficient (Wildman–Crippen LogP) is 4.11. The average molecular weight is 296 g/mol. The number of hydrogen-bond acceptors (Lipinski definition) is 2. The number of hydrogen-bond donors (Lipinski definition) is 2. The van der Waals surface area contributed by atoms with Gasteiger partial charge < -0.3 is 10.6 Å². The minimum Gasteiger partial charge on any atom is -0.326 e. The summed E-state index contributed by atoms with van der Waals surface area (Å²) in [5, 5.41) is 6.37. The van der Waals surface area contributed by atoms with Crippen LogP contribution in [0.4, 0.5) is 5.69 Å². The van der Waals surface area contributed by atoms with Crippen molar-refractivity contribution in [3.8, 4) is 0 Å². The summed E-state index contributed by atoms with van der Waals surface area (Å²) in [5.74, 6) is -0.0481. The van der Waals surface area contributed by atoms with Crippen LogP contribution in [0.1, 0.15) is 42.1 Å². The van der Waals surface area contributed by atoms with E-state index in [2.05, 4.69) is 55.7 Å². The van der Waals surface area contributed by atoms with Crippen molar-refractivity contribution in [2.45, 2.75) is 40.3 Å². The quantitative estimate of drug-likeness (QED) is 0.871. The third-order valence-corrected chi connectivity index (χ3v) is 3.80. The molecule has 0 bridgehead atoms. The molecule has 3 nitrogen and oxygen atoms in total. The van der Waals surface area contributed by atoms with Crippen LogP contribution in [-0.4, -0.2) is 5.91 Å². The number of benzene rings is 2. The van der Waals surface area contributed by atoms with E-state index in [0.29, 0.717) is 0 Å². The lowest BCUT2D eigenvalue weighted by Crippen LogP contribution is -2.19. The highest BCUT2D eigenvalue weighted by Crippen LogP contribution is 2.18. The summed E-state index contributed by atoms with van der Waals surface area (Å²) in [6, 6.07) is 14.7. The predicted molar refractivity (Wildman–Crippen MR) is 91.9 cm³/mol. The molecular formula is C19H24N2O. The Morgan fingerprint density at radius 1 is 1.14 bits per heavy atom. The largest absolute Gasteiger partial charge is 0.326 e. The minimum atomic E-state index is -0.0481. The summed E-state index contributed by atoms with van der Waals surface area (Å²) in [6.07, 6.45) is 0. The Kier molecular flexibility index (Phi) is 5.34. The SMILES string of the molecule is CC(=O)Nc1cccc([C@@H](C)NCc2ccc(C)cc2C)c1. The van der Waals surface area contributed by atoms with Crippen LogP contribution < -0.4 is 10.6 Å². The third kappa shape index (κ3) is 4.43. The van der Waals surface area contributed by atoms with Crippen molar-refractivity contribution in [3.63, 3.8) is 0 Å². The van der Waals surface area contributed by atoms with Gasteiger partial charge in [0.05, 0.1) is 0 Å². The molecule has 0 saturated carbocycles. The highest BCUT2D eigenvalue weighted by molar-refractivity contribution is 5.88. The van der Waals surface area contributed by atoms with E-state index in [4.69, 9.17) is 0 Å². The number of nitrogens with one attached hydrogen (secondary N) is 2. The highest BCUT2D eigenvalue weighted by Gasteiger charge is 2.07. The topological polar surface area (TPSA) is 41.1 Å². The maximum atomic E-state index is 11.1. The standard InChI is InChI=1S/C19H24N2O/c1-13-8-9-18(14(2)10-13)12-20-15(3)17-6-5-7-19(11-17)21-16(4)22/h5-11,15,20H,12H2,1-4H3,(H,21,22)/t15-/m1/s1. The van der Waals surface area contributed by atoms with Crippen LogP contribution in [0.15, 0.2) is 42.5 Å². The van der Waals surface area contributed by atoms with Gasteiger partial charge in [-0.05, 0) is 49.6 Å². The molecule has 2 rings (SSSR count). The van der Waals surface area contributed by atoms with Crippen molar-refractivity contribution < 1.29 is 4.79 Å². The molecule has 2 aromatic rings. The minimum absolute atomic E-state index is 0.0481. The van der Waals surface area contributed by atoms with Crippen LogP contribution in [0.5, 0.6) is 0 Å². The zero-order chi connectivity index (χ0) is 16.1. The van der Waals surface area contributed by atoms with E-state index in [1.54, 1.807) is 0 Å². The monoisotopic (exact) mass is 296 g/mol. The first-order chi connectivity index (χ1) is 10.5. The molecule has 0 fully saturated rings. The summed E-state index contributed by atoms with van der Waals surface area (Å²) >= 11 is 0. The molecule has 1 amide bonds. The fourth-order valence-electron chi connectivity index (χ4n) is 2.51. The summed E-state index contributed by atoms with van der Waals surface area (Å²) in [7, 11) is 0. The molecule has 0 aliphatic heterocycles. The van der Waals surface area contributed by atoms with Crippen molar-refractivity contribution in [2.75, 3.05) is 5.32 Å². The van der Waals surface area contributed by atoms with E-state index in [0.717, 1.165) is 17.8 Å². The molecule has 2 aromatic carbocycles. The molecule has 0 unspecified atom stereocenters. The second kappa shape index (κ2) is 7.23. The van der Waals surface area contributed by atoms with Gasteiger partial charge in [0.2, 0.25) is 5.91 Å². The van der Waals surface area contributed by atoms with Gasteiger partial charge in [-0.15, -0.1) is 0 Å². The Morgan fingerprint density at radius 3 is 2.59 bits per heavy atom. The number of anilines is 1. The van der Waals surface area contributed by atoms with Crippen molar-refractivity contribution in [3.05, 3.63) is 64.7 Å². The van der Waals surface area contributed by atoms with Crippen LogP contribution in [-0.2, 0) is 11.3 Å². The summed E-state index contributed by atoms with van der Waals surface area (Å²) in [6.45, 7) is 8.75. The maximum Gasteiger partial charge on any atom is 0.221 e. The number of rotatable bonds is 5. The van der Waals surface area contributed by atoms with Crippen molar-refractivity contribution >= 4 is 11.6 Å². The van der Waals surface area contributed by atoms with E-state index in [-0.39, 0.29) is 11.9 Å². The summed E-state index contributed by atoms with van der Waals surface area (Å²) in [4.78, 5) is 11.1. The van der Waals surface area contributed by atoms with Gasteiger partial charge in [0.25, 0.3) is 0 Å². The average Bonchev–Trinajstić information content (AvgIpc) is 2.45. The molecule has 0 saturated heterocycles. The lowest BCUT2D eigenvalue weighted by Gasteiger charge is -2.16. The number of carbonyl (C=O) groups is 1. The van der Waals surface area contributed by atoms with Crippen LogP contribution in [0, 0.1) is 13.8 Å². The molecule has 22 heavy (non-hydrogen) atoms. The lowest BCUT2D eigenvalue weighted by atomic mass is 10.0. The van der Waals surface area contributed by atoms with Gasteiger partial charge in [0, 0.05) is 25.2 Å². The Morgan fingerprint density at radius 2 is 1.91 bits per heavy atom. The lowest BCUT2D eigenvalue weighted by molar-refractivity contribution is -0.114. The zero-order valence-electron chi connectivity index (χ0n) is 13.7. The fourth-order valence-corrected chi connectivity index (χ4v) is 2.51. The van der Waals surface area contributed by atoms with Gasteiger partial charge in [-0.3, -0.25) is 4.79 Å². The van der Waals surface area contributed by atoms with Crippen LogP contribution in [0.25, 0.3) is 0 Å². The number of carbonyl (C=O) groups excluding carboxylic acids is 1. The molecule has 2 N–H and O–H groups in total. The van der Waals surface area contributed by atoms with Crippen molar-refractivity contribution in [2.24, 2.45) is 0 Å². The molecular weight excluding hydrogens is 272 g/mol. The first kappa shape index (κ1) is 16.2. The Hall–Kier alpha value is -2.13. The van der Waals surface area contributed by atoms with Crippen molar-refractivity contribution in [1.82, 2.24) is 5.32 Å². The normalized spacial score (nSPS) is 12.0. The first-order valence-electron chi connectivity index (χ1n) is 7.63. The molecule has 1 atom stereocenters. The van der Waals surface area contributed by atoms with E-state index >= 15 is 0 Å². The maximum absolute atomic E-state index is 11.1. The van der Waals surface area contributed by atoms with Gasteiger partial charge in [-0.2, -0.15) is 0 Å². The van der Waals surface area contributed by atoms with Crippen LogP contribution in [0.3, 0.4) is 0 Å². The summed E-state index contributed by atoms with van der Waals surface area (Å²) < 4.78 is 0. The van der Waals surface area contributed by atoms with Gasteiger partial charge in [0.15, 0.2) is 0 Å². The smallest absolute Gasteiger partial charge is 0.221 e. The van der Waals surface area contributed by atoms with Gasteiger partial charge in [0.1, 0.15) is 0 Å². The first-order valence-corrected chi connectivity index (χ1v) is 7.63. The van der Waals surface area contributed by atoms with Crippen LogP contribution in [0.2, 0.25) is 0 Å². The molecule has 0 heterocycles. The van der Waals surface area contributed by atoms with Gasteiger partial charge in [-0.1, -0.05) is 35.9 Å². The second-order valence-electron chi connectivity index (χ2n) is 5.84. The summed E-state index contributed by atoms with van der Waals surface area (Å²) in [5.41, 5.74) is 5.92. The van der Waals surface area contributed by atoms with Crippen molar-refractivity contribution in [1.29, 1.82) is 0 Å². The second-order valence-corrected chi connectivity index (χ2v) is 5.84. The van der Waals surface area contributed by atoms with E-state index in [9.17, 15) is 4.79 Å². The van der Waals surface area contributed by atoms with Gasteiger partial charge >= 0.3 is 0 Å². The Balaban J connectivity index is 2.02. The van der Waals surface area contributed by atoms with E-state index < -0.39 is 0 Å². The zero-order valence-corrected chi connectivity index (χ0v) is 13.7. The molecule has 0 aromatic heterocycles. The molecule has 0 aliphatic rings. The number of aryl methyl sites for hydroxylation is 2. The van der Waals surface area contributed by atoms with E-state index in [1.165, 1.54) is 23.6 Å².